The van der Waals surface area contributed by atoms with Crippen LogP contribution in [0.4, 0.5) is 5.69 Å². The number of likely N-dealkylation sites (tertiary alicyclic amines) is 1. The lowest BCUT2D eigenvalue weighted by atomic mass is 10.1. The van der Waals surface area contributed by atoms with Crippen molar-refractivity contribution in [3.8, 4) is 0 Å². The summed E-state index contributed by atoms with van der Waals surface area (Å²) in [4.78, 5) is 33.3. The van der Waals surface area contributed by atoms with Gasteiger partial charge in [0.1, 0.15) is 11.4 Å². The maximum absolute atomic E-state index is 13.0. The third kappa shape index (κ3) is 2.80. The number of aromatic amines is 1. The Labute approximate surface area is 153 Å². The Kier molecular flexibility index (Phi) is 4.08. The zero-order valence-corrected chi connectivity index (χ0v) is 14.4. The highest BCUT2D eigenvalue weighted by Crippen LogP contribution is 2.34. The van der Waals surface area contributed by atoms with E-state index in [0.29, 0.717) is 12.4 Å². The van der Waals surface area contributed by atoms with E-state index in [-0.39, 0.29) is 28.2 Å². The zero-order valence-electron chi connectivity index (χ0n) is 13.7. The van der Waals surface area contributed by atoms with Gasteiger partial charge in [-0.25, -0.2) is 4.98 Å². The molecule has 0 aliphatic carbocycles. The molecule has 1 unspecified atom stereocenters. The first-order valence-electron chi connectivity index (χ1n) is 8.24. The Morgan fingerprint density at radius 2 is 2.12 bits per heavy atom. The quantitative estimate of drug-likeness (QED) is 0.554. The Morgan fingerprint density at radius 3 is 2.88 bits per heavy atom. The number of fused-ring (bicyclic) bond motifs is 1. The molecule has 8 heteroatoms. The summed E-state index contributed by atoms with van der Waals surface area (Å²) in [6.07, 6.45) is 1.57. The lowest BCUT2D eigenvalue weighted by Gasteiger charge is -2.23. The van der Waals surface area contributed by atoms with E-state index in [9.17, 15) is 14.9 Å². The molecule has 1 aliphatic heterocycles. The fraction of sp³-hybridized carbons (Fsp3) is 0.222. The predicted molar refractivity (Wildman–Crippen MR) is 97.2 cm³/mol. The Bertz CT molecular complexity index is 984. The molecule has 0 spiro atoms. The molecular formula is C18H15ClN4O3. The number of halogens is 1. The number of nitrogens with one attached hydrogen (secondary N) is 1. The first-order valence-corrected chi connectivity index (χ1v) is 8.62. The van der Waals surface area contributed by atoms with Crippen LogP contribution in [0.15, 0.2) is 42.5 Å². The van der Waals surface area contributed by atoms with Crippen molar-refractivity contribution in [3.63, 3.8) is 0 Å². The summed E-state index contributed by atoms with van der Waals surface area (Å²) in [7, 11) is 0. The monoisotopic (exact) mass is 370 g/mol. The van der Waals surface area contributed by atoms with E-state index in [2.05, 4.69) is 9.97 Å². The standard InChI is InChI=1S/C18H15ClN4O3/c19-11-7-8-12(16(10-11)23(25)26)18(24)22-9-3-6-15(22)17-20-13-4-1-2-5-14(13)21-17/h1-2,4-5,7-8,10,15H,3,6,9H2,(H,20,21). The minimum absolute atomic E-state index is 0.0439. The second kappa shape index (κ2) is 6.42. The molecule has 1 aromatic heterocycles. The van der Waals surface area contributed by atoms with Crippen molar-refractivity contribution in [1.82, 2.24) is 14.9 Å². The van der Waals surface area contributed by atoms with Gasteiger partial charge in [0.25, 0.3) is 11.6 Å². The van der Waals surface area contributed by atoms with Crippen LogP contribution in [0.1, 0.15) is 35.1 Å². The summed E-state index contributed by atoms with van der Waals surface area (Å²) in [6, 6.07) is 11.5. The SMILES string of the molecule is O=C(c1ccc(Cl)cc1[N+](=O)[O-])N1CCCC1c1nc2ccccc2[nH]1. The van der Waals surface area contributed by atoms with Crippen LogP contribution in [0.5, 0.6) is 0 Å². The molecule has 2 heterocycles. The number of para-hydroxylation sites is 2. The number of nitro groups is 1. The lowest BCUT2D eigenvalue weighted by molar-refractivity contribution is -0.385. The highest BCUT2D eigenvalue weighted by molar-refractivity contribution is 6.31. The minimum Gasteiger partial charge on any atom is -0.340 e. The van der Waals surface area contributed by atoms with Gasteiger partial charge in [0.15, 0.2) is 0 Å². The molecule has 1 amide bonds. The molecule has 7 nitrogen and oxygen atoms in total. The van der Waals surface area contributed by atoms with Gasteiger partial charge in [-0.05, 0) is 37.1 Å². The molecule has 1 atom stereocenters. The van der Waals surface area contributed by atoms with Crippen LogP contribution in [0.2, 0.25) is 5.02 Å². The second-order valence-electron chi connectivity index (χ2n) is 6.21. The van der Waals surface area contributed by atoms with E-state index in [1.54, 1.807) is 4.90 Å². The van der Waals surface area contributed by atoms with Gasteiger partial charge in [-0.1, -0.05) is 23.7 Å². The smallest absolute Gasteiger partial charge is 0.283 e. The van der Waals surface area contributed by atoms with Crippen molar-refractivity contribution < 1.29 is 9.72 Å². The molecule has 3 aromatic rings. The van der Waals surface area contributed by atoms with Crippen molar-refractivity contribution in [1.29, 1.82) is 0 Å². The average molecular weight is 371 g/mol. The van der Waals surface area contributed by atoms with Gasteiger partial charge in [-0.2, -0.15) is 0 Å². The molecule has 0 radical (unpaired) electrons. The number of rotatable bonds is 3. The van der Waals surface area contributed by atoms with Crippen molar-refractivity contribution in [3.05, 3.63) is 69.0 Å². The molecule has 1 aliphatic rings. The first kappa shape index (κ1) is 16.5. The number of amides is 1. The lowest BCUT2D eigenvalue weighted by Crippen LogP contribution is -2.31. The average Bonchev–Trinajstić information content (AvgIpc) is 3.27. The molecule has 4 rings (SSSR count). The van der Waals surface area contributed by atoms with Gasteiger partial charge in [-0.3, -0.25) is 14.9 Å². The highest BCUT2D eigenvalue weighted by atomic mass is 35.5. The van der Waals surface area contributed by atoms with Gasteiger partial charge in [0.05, 0.1) is 22.0 Å². The summed E-state index contributed by atoms with van der Waals surface area (Å²) in [6.45, 7) is 0.528. The van der Waals surface area contributed by atoms with Crippen LogP contribution in [-0.2, 0) is 0 Å². The third-order valence-corrected chi connectivity index (χ3v) is 4.86. The van der Waals surface area contributed by atoms with E-state index >= 15 is 0 Å². The number of aromatic nitrogens is 2. The molecule has 132 valence electrons. The summed E-state index contributed by atoms with van der Waals surface area (Å²) in [5, 5.41) is 11.5. The summed E-state index contributed by atoms with van der Waals surface area (Å²) >= 11 is 5.85. The third-order valence-electron chi connectivity index (χ3n) is 4.62. The van der Waals surface area contributed by atoms with Crippen molar-refractivity contribution in [2.75, 3.05) is 6.54 Å². The molecule has 1 N–H and O–H groups in total. The number of benzene rings is 2. The van der Waals surface area contributed by atoms with Gasteiger partial charge in [0, 0.05) is 17.6 Å². The minimum atomic E-state index is -0.578. The van der Waals surface area contributed by atoms with Gasteiger partial charge < -0.3 is 9.88 Å². The van der Waals surface area contributed by atoms with E-state index in [0.717, 1.165) is 23.9 Å². The Morgan fingerprint density at radius 1 is 1.31 bits per heavy atom. The molecule has 0 saturated carbocycles. The van der Waals surface area contributed by atoms with Gasteiger partial charge in [0.2, 0.25) is 0 Å². The molecular weight excluding hydrogens is 356 g/mol. The predicted octanol–water partition coefficient (Wildman–Crippen LogP) is 4.10. The number of hydrogen-bond acceptors (Lipinski definition) is 4. The molecule has 2 aromatic carbocycles. The number of carbonyl (C=O) groups is 1. The maximum atomic E-state index is 13.0. The van der Waals surface area contributed by atoms with E-state index in [1.807, 2.05) is 24.3 Å². The summed E-state index contributed by atoms with van der Waals surface area (Å²) in [5.74, 6) is 0.324. The van der Waals surface area contributed by atoms with Gasteiger partial charge >= 0.3 is 0 Å². The molecule has 1 fully saturated rings. The van der Waals surface area contributed by atoms with Gasteiger partial charge in [-0.15, -0.1) is 0 Å². The maximum Gasteiger partial charge on any atom is 0.283 e. The molecule has 0 bridgehead atoms. The van der Waals surface area contributed by atoms with E-state index < -0.39 is 4.92 Å². The van der Waals surface area contributed by atoms with Crippen LogP contribution < -0.4 is 0 Å². The molecule has 1 saturated heterocycles. The van der Waals surface area contributed by atoms with E-state index in [4.69, 9.17) is 11.6 Å². The largest absolute Gasteiger partial charge is 0.340 e. The van der Waals surface area contributed by atoms with Crippen LogP contribution in [0, 0.1) is 10.1 Å². The second-order valence-corrected chi connectivity index (χ2v) is 6.65. The summed E-state index contributed by atoms with van der Waals surface area (Å²) < 4.78 is 0. The highest BCUT2D eigenvalue weighted by Gasteiger charge is 2.35. The summed E-state index contributed by atoms with van der Waals surface area (Å²) in [5.41, 5.74) is 1.50. The number of hydrogen-bond donors (Lipinski definition) is 1. The normalized spacial score (nSPS) is 17.0. The molecule has 26 heavy (non-hydrogen) atoms. The number of carbonyl (C=O) groups excluding carboxylic acids is 1. The number of nitrogens with zero attached hydrogens (tertiary/aromatic N) is 3. The van der Waals surface area contributed by atoms with Crippen LogP contribution in [0.3, 0.4) is 0 Å². The van der Waals surface area contributed by atoms with Crippen molar-refractivity contribution in [2.45, 2.75) is 18.9 Å². The Hall–Kier alpha value is -2.93. The van der Waals surface area contributed by atoms with Crippen molar-refractivity contribution in [2.24, 2.45) is 0 Å². The fourth-order valence-corrected chi connectivity index (χ4v) is 3.58. The van der Waals surface area contributed by atoms with E-state index in [1.165, 1.54) is 18.2 Å². The first-order chi connectivity index (χ1) is 12.5. The van der Waals surface area contributed by atoms with Crippen LogP contribution in [-0.4, -0.2) is 32.2 Å². The Balaban J connectivity index is 1.70. The van der Waals surface area contributed by atoms with Crippen molar-refractivity contribution >= 4 is 34.2 Å². The number of nitro benzene ring substituents is 1. The van der Waals surface area contributed by atoms with Crippen LogP contribution >= 0.6 is 11.6 Å². The number of imidazole rings is 1. The zero-order chi connectivity index (χ0) is 18.3. The number of H-pyrrole nitrogens is 1. The van der Waals surface area contributed by atoms with Crippen LogP contribution in [0.25, 0.3) is 11.0 Å². The fourth-order valence-electron chi connectivity index (χ4n) is 3.42. The topological polar surface area (TPSA) is 92.1 Å².